The molecule has 0 spiro atoms. The molecule has 0 aromatic heterocycles. The topological polar surface area (TPSA) is 38.8 Å². The predicted molar refractivity (Wildman–Crippen MR) is 133 cm³/mol. The Bertz CT molecular complexity index is 1150. The number of hydrogen-bond acceptors (Lipinski definition) is 4. The first-order valence-corrected chi connectivity index (χ1v) is 13.5. The van der Waals surface area contributed by atoms with E-state index in [-0.39, 0.29) is 67.0 Å². The third-order valence-electron chi connectivity index (χ3n) is 8.95. The molecule has 38 heavy (non-hydrogen) atoms. The number of nitrogens with zero attached hydrogens (tertiary/aromatic N) is 1. The molecule has 1 aliphatic carbocycles. The van der Waals surface area contributed by atoms with E-state index in [1.165, 1.54) is 13.2 Å². The van der Waals surface area contributed by atoms with E-state index in [9.17, 15) is 26.7 Å². The van der Waals surface area contributed by atoms with Gasteiger partial charge in [-0.2, -0.15) is 13.2 Å². The Morgan fingerprint density at radius 2 is 1.61 bits per heavy atom. The van der Waals surface area contributed by atoms with Crippen molar-refractivity contribution in [3.8, 4) is 5.75 Å². The fourth-order valence-electron chi connectivity index (χ4n) is 6.99. The Morgan fingerprint density at radius 3 is 2.18 bits per heavy atom. The number of carbonyl (C=O) groups excluding carboxylic acids is 1. The molecule has 2 heterocycles. The number of rotatable bonds is 6. The number of esters is 1. The van der Waals surface area contributed by atoms with Gasteiger partial charge in [0.2, 0.25) is 0 Å². The van der Waals surface area contributed by atoms with E-state index in [2.05, 4.69) is 11.8 Å². The van der Waals surface area contributed by atoms with Crippen LogP contribution in [0.4, 0.5) is 22.0 Å². The first kappa shape index (κ1) is 27.2. The summed E-state index contributed by atoms with van der Waals surface area (Å²) < 4.78 is 78.8. The van der Waals surface area contributed by atoms with Crippen LogP contribution in [0.15, 0.2) is 30.3 Å². The van der Waals surface area contributed by atoms with Crippen molar-refractivity contribution >= 4 is 16.7 Å². The monoisotopic (exact) mass is 539 g/mol. The first-order valence-electron chi connectivity index (χ1n) is 13.5. The van der Waals surface area contributed by atoms with E-state index in [4.69, 9.17) is 9.47 Å². The number of alkyl halides is 5. The summed E-state index contributed by atoms with van der Waals surface area (Å²) in [6, 6.07) is 9.31. The minimum absolute atomic E-state index is 0.0248. The third-order valence-corrected chi connectivity index (χ3v) is 8.95. The lowest BCUT2D eigenvalue weighted by atomic mass is 9.87. The molecular weight excluding hydrogens is 505 g/mol. The van der Waals surface area contributed by atoms with Crippen LogP contribution < -0.4 is 4.74 Å². The second-order valence-electron chi connectivity index (χ2n) is 11.1. The van der Waals surface area contributed by atoms with E-state index in [0.717, 1.165) is 31.2 Å². The summed E-state index contributed by atoms with van der Waals surface area (Å²) in [5, 5.41) is 1.07. The zero-order valence-corrected chi connectivity index (χ0v) is 21.6. The SMILES string of the molecule is COC(=O)C1CC2CCC(C1)N2C(C)c1ccc2ccc(O[C@H]3CC[C@@H](C(F)(F)F)CC3)c(C(F)F)c2c1. The average molecular weight is 540 g/mol. The van der Waals surface area contributed by atoms with Crippen LogP contribution in [0.1, 0.15) is 81.9 Å². The molecule has 2 saturated heterocycles. The lowest BCUT2D eigenvalue weighted by Gasteiger charge is -2.42. The molecule has 2 bridgehead atoms. The number of methoxy groups -OCH3 is 1. The number of benzene rings is 2. The van der Waals surface area contributed by atoms with Gasteiger partial charge in [-0.3, -0.25) is 9.69 Å². The van der Waals surface area contributed by atoms with Gasteiger partial charge in [0.15, 0.2) is 0 Å². The Morgan fingerprint density at radius 1 is 0.974 bits per heavy atom. The fraction of sp³-hybridized carbons (Fsp3) is 0.621. The van der Waals surface area contributed by atoms with Crippen molar-refractivity contribution in [3.05, 3.63) is 41.5 Å². The Labute approximate surface area is 219 Å². The van der Waals surface area contributed by atoms with Gasteiger partial charge >= 0.3 is 12.1 Å². The molecule has 0 N–H and O–H groups in total. The van der Waals surface area contributed by atoms with Crippen LogP contribution in [0, 0.1) is 11.8 Å². The largest absolute Gasteiger partial charge is 0.490 e. The van der Waals surface area contributed by atoms with Crippen LogP contribution in [0.2, 0.25) is 0 Å². The van der Waals surface area contributed by atoms with Gasteiger partial charge in [-0.25, -0.2) is 8.78 Å². The number of carbonyl (C=O) groups is 1. The molecule has 0 radical (unpaired) electrons. The van der Waals surface area contributed by atoms with Gasteiger partial charge in [0, 0.05) is 18.1 Å². The third kappa shape index (κ3) is 5.23. The van der Waals surface area contributed by atoms with Crippen LogP contribution in [0.25, 0.3) is 10.8 Å². The average Bonchev–Trinajstić information content (AvgIpc) is 3.15. The standard InChI is InChI=1S/C29H34F5NO3/c1-16(35-21-8-9-22(35)14-19(13-21)28(36)37-2)18-4-3-17-5-12-25(26(27(30)31)24(17)15-18)38-23-10-6-20(7-11-23)29(32,33)34/h3-5,12,15-16,19-23,27H,6-11,13-14H2,1-2H3/t16?,19?,20-,21?,22?,23+. The summed E-state index contributed by atoms with van der Waals surface area (Å²) in [5.41, 5.74) is 0.706. The lowest BCUT2D eigenvalue weighted by Crippen LogP contribution is -2.46. The zero-order chi connectivity index (χ0) is 27.2. The van der Waals surface area contributed by atoms with Gasteiger partial charge in [-0.15, -0.1) is 0 Å². The Hall–Kier alpha value is -2.42. The highest BCUT2D eigenvalue weighted by molar-refractivity contribution is 5.88. The summed E-state index contributed by atoms with van der Waals surface area (Å²) in [6.07, 6.45) is -3.82. The number of ether oxygens (including phenoxy) is 2. The number of piperidine rings is 1. The summed E-state index contributed by atoms with van der Waals surface area (Å²) in [7, 11) is 1.42. The number of halogens is 5. The van der Waals surface area contributed by atoms with Gasteiger partial charge in [0.05, 0.1) is 30.6 Å². The van der Waals surface area contributed by atoms with Crippen molar-refractivity contribution < 1.29 is 36.2 Å². The second kappa shape index (κ2) is 10.6. The maximum atomic E-state index is 14.4. The molecule has 9 heteroatoms. The summed E-state index contributed by atoms with van der Waals surface area (Å²) in [5.74, 6) is -1.58. The Balaban J connectivity index is 1.38. The van der Waals surface area contributed by atoms with Gasteiger partial charge in [-0.1, -0.05) is 18.2 Å². The van der Waals surface area contributed by atoms with Crippen LogP contribution >= 0.6 is 0 Å². The van der Waals surface area contributed by atoms with E-state index in [0.29, 0.717) is 10.8 Å². The molecule has 5 rings (SSSR count). The molecule has 0 amide bonds. The molecule has 3 atom stereocenters. The van der Waals surface area contributed by atoms with Crippen LogP contribution in [-0.4, -0.2) is 42.3 Å². The van der Waals surface area contributed by atoms with E-state index >= 15 is 0 Å². The van der Waals surface area contributed by atoms with Crippen LogP contribution in [0.3, 0.4) is 0 Å². The van der Waals surface area contributed by atoms with Crippen LogP contribution in [-0.2, 0) is 9.53 Å². The number of fused-ring (bicyclic) bond motifs is 3. The lowest BCUT2D eigenvalue weighted by molar-refractivity contribution is -0.185. The smallest absolute Gasteiger partial charge is 0.391 e. The molecule has 2 aliphatic heterocycles. The molecule has 208 valence electrons. The second-order valence-corrected chi connectivity index (χ2v) is 11.1. The van der Waals surface area contributed by atoms with Gasteiger partial charge in [-0.05, 0) is 86.8 Å². The minimum atomic E-state index is -4.23. The molecule has 2 aromatic carbocycles. The van der Waals surface area contributed by atoms with Crippen molar-refractivity contribution in [3.63, 3.8) is 0 Å². The molecule has 3 aliphatic rings. The van der Waals surface area contributed by atoms with Gasteiger partial charge < -0.3 is 9.47 Å². The fourth-order valence-corrected chi connectivity index (χ4v) is 6.99. The van der Waals surface area contributed by atoms with Crippen molar-refractivity contribution in [1.82, 2.24) is 4.90 Å². The summed E-state index contributed by atoms with van der Waals surface area (Å²) in [6.45, 7) is 2.08. The van der Waals surface area contributed by atoms with E-state index in [1.807, 2.05) is 12.1 Å². The summed E-state index contributed by atoms with van der Waals surface area (Å²) in [4.78, 5) is 14.6. The minimum Gasteiger partial charge on any atom is -0.490 e. The van der Waals surface area contributed by atoms with Crippen molar-refractivity contribution in [2.75, 3.05) is 7.11 Å². The normalized spacial score (nSPS) is 29.0. The molecule has 4 nitrogen and oxygen atoms in total. The molecule has 1 saturated carbocycles. The molecule has 2 aromatic rings. The predicted octanol–water partition coefficient (Wildman–Crippen LogP) is 7.75. The van der Waals surface area contributed by atoms with Crippen molar-refractivity contribution in [1.29, 1.82) is 0 Å². The quantitative estimate of drug-likeness (QED) is 0.278. The highest BCUT2D eigenvalue weighted by atomic mass is 19.4. The van der Waals surface area contributed by atoms with Crippen molar-refractivity contribution in [2.45, 2.75) is 95.1 Å². The molecule has 3 unspecified atom stereocenters. The number of hydrogen-bond donors (Lipinski definition) is 0. The highest BCUT2D eigenvalue weighted by Crippen LogP contribution is 2.45. The van der Waals surface area contributed by atoms with Crippen molar-refractivity contribution in [2.24, 2.45) is 11.8 Å². The van der Waals surface area contributed by atoms with E-state index in [1.54, 1.807) is 12.1 Å². The maximum Gasteiger partial charge on any atom is 0.391 e. The summed E-state index contributed by atoms with van der Waals surface area (Å²) >= 11 is 0. The molecular formula is C29H34F5NO3. The zero-order valence-electron chi connectivity index (χ0n) is 21.6. The van der Waals surface area contributed by atoms with Gasteiger partial charge in [0.25, 0.3) is 6.43 Å². The van der Waals surface area contributed by atoms with Gasteiger partial charge in [0.1, 0.15) is 5.75 Å². The van der Waals surface area contributed by atoms with E-state index < -0.39 is 24.6 Å². The Kier molecular flexibility index (Phi) is 7.59. The highest BCUT2D eigenvalue weighted by Gasteiger charge is 2.45. The first-order chi connectivity index (χ1) is 18.1. The van der Waals surface area contributed by atoms with Crippen LogP contribution in [0.5, 0.6) is 5.75 Å². The maximum absolute atomic E-state index is 14.4. The molecule has 3 fully saturated rings.